The third-order valence-electron chi connectivity index (χ3n) is 4.28. The number of nitrogens with one attached hydrogen (secondary N) is 1. The molecule has 0 spiro atoms. The molecule has 1 aromatic carbocycles. The van der Waals surface area contributed by atoms with E-state index in [1.54, 1.807) is 18.2 Å². The number of nitrogens with two attached hydrogens (primary N) is 1. The van der Waals surface area contributed by atoms with E-state index in [9.17, 15) is 4.79 Å². The first-order chi connectivity index (χ1) is 8.99. The summed E-state index contributed by atoms with van der Waals surface area (Å²) in [6, 6.07) is 5.27. The van der Waals surface area contributed by atoms with Crippen molar-refractivity contribution in [3.63, 3.8) is 0 Å². The SMILES string of the molecule is CC1CCCC(NC(=O)c2ccc(Cl)c(N)c2)C1C. The van der Waals surface area contributed by atoms with Gasteiger partial charge in [0.25, 0.3) is 5.91 Å². The number of rotatable bonds is 2. The number of nitrogen functional groups attached to an aromatic ring is 1. The van der Waals surface area contributed by atoms with Crippen LogP contribution in [-0.4, -0.2) is 11.9 Å². The van der Waals surface area contributed by atoms with Gasteiger partial charge in [0.05, 0.1) is 10.7 Å². The van der Waals surface area contributed by atoms with Crippen LogP contribution in [0.2, 0.25) is 5.02 Å². The molecule has 3 atom stereocenters. The van der Waals surface area contributed by atoms with Gasteiger partial charge < -0.3 is 11.1 Å². The Bertz CT molecular complexity index is 475. The highest BCUT2D eigenvalue weighted by Crippen LogP contribution is 2.29. The number of carbonyl (C=O) groups is 1. The van der Waals surface area contributed by atoms with Gasteiger partial charge in [-0.3, -0.25) is 4.79 Å². The Balaban J connectivity index is 2.06. The minimum atomic E-state index is -0.0608. The maximum absolute atomic E-state index is 12.2. The van der Waals surface area contributed by atoms with Crippen LogP contribution in [0.3, 0.4) is 0 Å². The minimum absolute atomic E-state index is 0.0608. The molecule has 1 fully saturated rings. The van der Waals surface area contributed by atoms with Crippen molar-refractivity contribution in [3.8, 4) is 0 Å². The molecule has 3 N–H and O–H groups in total. The van der Waals surface area contributed by atoms with Crippen LogP contribution in [0.4, 0.5) is 5.69 Å². The molecule has 3 nitrogen and oxygen atoms in total. The second kappa shape index (κ2) is 5.83. The van der Waals surface area contributed by atoms with Gasteiger partial charge in [0.15, 0.2) is 0 Å². The number of amides is 1. The van der Waals surface area contributed by atoms with Crippen molar-refractivity contribution in [2.45, 2.75) is 39.2 Å². The second-order valence-electron chi connectivity index (χ2n) is 5.58. The fourth-order valence-corrected chi connectivity index (χ4v) is 2.84. The van der Waals surface area contributed by atoms with Gasteiger partial charge in [0.1, 0.15) is 0 Å². The number of benzene rings is 1. The molecular weight excluding hydrogens is 260 g/mol. The van der Waals surface area contributed by atoms with E-state index in [0.29, 0.717) is 28.1 Å². The van der Waals surface area contributed by atoms with E-state index in [1.807, 2.05) is 0 Å². The summed E-state index contributed by atoms with van der Waals surface area (Å²) in [5.74, 6) is 1.12. The van der Waals surface area contributed by atoms with Crippen LogP contribution in [0.5, 0.6) is 0 Å². The largest absolute Gasteiger partial charge is 0.398 e. The van der Waals surface area contributed by atoms with Crippen molar-refractivity contribution in [1.82, 2.24) is 5.32 Å². The van der Waals surface area contributed by atoms with E-state index in [1.165, 1.54) is 12.8 Å². The number of hydrogen-bond acceptors (Lipinski definition) is 2. The molecule has 1 amide bonds. The Morgan fingerprint density at radius 3 is 2.79 bits per heavy atom. The number of carbonyl (C=O) groups excluding carboxylic acids is 1. The van der Waals surface area contributed by atoms with Crippen molar-refractivity contribution in [3.05, 3.63) is 28.8 Å². The zero-order chi connectivity index (χ0) is 14.0. The molecular formula is C15H21ClN2O. The lowest BCUT2D eigenvalue weighted by Crippen LogP contribution is -2.43. The predicted octanol–water partition coefficient (Wildman–Crippen LogP) is 3.48. The van der Waals surface area contributed by atoms with E-state index in [-0.39, 0.29) is 11.9 Å². The Labute approximate surface area is 119 Å². The van der Waals surface area contributed by atoms with Gasteiger partial charge in [0, 0.05) is 11.6 Å². The van der Waals surface area contributed by atoms with Gasteiger partial charge in [-0.25, -0.2) is 0 Å². The summed E-state index contributed by atoms with van der Waals surface area (Å²) in [5, 5.41) is 3.61. The maximum atomic E-state index is 12.2. The molecule has 1 saturated carbocycles. The molecule has 0 bridgehead atoms. The molecule has 19 heavy (non-hydrogen) atoms. The van der Waals surface area contributed by atoms with Gasteiger partial charge in [-0.15, -0.1) is 0 Å². The van der Waals surface area contributed by atoms with E-state index < -0.39 is 0 Å². The molecule has 2 rings (SSSR count). The summed E-state index contributed by atoms with van der Waals surface area (Å²) in [4.78, 5) is 12.2. The van der Waals surface area contributed by atoms with Gasteiger partial charge in [-0.2, -0.15) is 0 Å². The zero-order valence-corrected chi connectivity index (χ0v) is 12.2. The minimum Gasteiger partial charge on any atom is -0.398 e. The molecule has 0 saturated heterocycles. The highest BCUT2D eigenvalue weighted by atomic mass is 35.5. The predicted molar refractivity (Wildman–Crippen MR) is 79.3 cm³/mol. The van der Waals surface area contributed by atoms with Crippen LogP contribution in [-0.2, 0) is 0 Å². The fraction of sp³-hybridized carbons (Fsp3) is 0.533. The standard InChI is InChI=1S/C15H21ClN2O/c1-9-4-3-5-14(10(9)2)18-15(19)11-6-7-12(16)13(17)8-11/h6-10,14H,3-5,17H2,1-2H3,(H,18,19). The van der Waals surface area contributed by atoms with Gasteiger partial charge in [-0.05, 0) is 36.5 Å². The smallest absolute Gasteiger partial charge is 0.251 e. The van der Waals surface area contributed by atoms with Crippen LogP contribution < -0.4 is 11.1 Å². The highest BCUT2D eigenvalue weighted by Gasteiger charge is 2.28. The Kier molecular flexibility index (Phi) is 4.35. The number of hydrogen-bond donors (Lipinski definition) is 2. The first-order valence-corrected chi connectivity index (χ1v) is 7.22. The van der Waals surface area contributed by atoms with Gasteiger partial charge in [0.2, 0.25) is 0 Å². The zero-order valence-electron chi connectivity index (χ0n) is 11.4. The maximum Gasteiger partial charge on any atom is 0.251 e. The molecule has 3 unspecified atom stereocenters. The molecule has 0 radical (unpaired) electrons. The quantitative estimate of drug-likeness (QED) is 0.815. The lowest BCUT2D eigenvalue weighted by molar-refractivity contribution is 0.0891. The summed E-state index contributed by atoms with van der Waals surface area (Å²) in [7, 11) is 0. The normalized spacial score (nSPS) is 27.0. The van der Waals surface area contributed by atoms with Crippen molar-refractivity contribution in [1.29, 1.82) is 0 Å². The summed E-state index contributed by atoms with van der Waals surface area (Å²) < 4.78 is 0. The molecule has 0 aliphatic heterocycles. The Morgan fingerprint density at radius 1 is 1.37 bits per heavy atom. The topological polar surface area (TPSA) is 55.1 Å². The van der Waals surface area contributed by atoms with Crippen LogP contribution in [0.1, 0.15) is 43.5 Å². The molecule has 1 aliphatic rings. The van der Waals surface area contributed by atoms with Crippen molar-refractivity contribution in [2.75, 3.05) is 5.73 Å². The molecule has 1 aliphatic carbocycles. The molecule has 0 aromatic heterocycles. The average Bonchev–Trinajstić information content (AvgIpc) is 2.38. The first kappa shape index (κ1) is 14.2. The summed E-state index contributed by atoms with van der Waals surface area (Å²) >= 11 is 5.86. The molecule has 1 aromatic rings. The van der Waals surface area contributed by atoms with Crippen molar-refractivity contribution >= 4 is 23.2 Å². The Hall–Kier alpha value is -1.22. The highest BCUT2D eigenvalue weighted by molar-refractivity contribution is 6.33. The van der Waals surface area contributed by atoms with Gasteiger partial charge in [-0.1, -0.05) is 38.3 Å². The van der Waals surface area contributed by atoms with Gasteiger partial charge >= 0.3 is 0 Å². The second-order valence-corrected chi connectivity index (χ2v) is 5.99. The van der Waals surface area contributed by atoms with Crippen LogP contribution in [0.25, 0.3) is 0 Å². The molecule has 4 heteroatoms. The lowest BCUT2D eigenvalue weighted by atomic mass is 9.78. The Morgan fingerprint density at radius 2 is 2.11 bits per heavy atom. The van der Waals surface area contributed by atoms with Crippen LogP contribution >= 0.6 is 11.6 Å². The van der Waals surface area contributed by atoms with E-state index in [4.69, 9.17) is 17.3 Å². The van der Waals surface area contributed by atoms with E-state index in [2.05, 4.69) is 19.2 Å². The third kappa shape index (κ3) is 3.21. The number of anilines is 1. The van der Waals surface area contributed by atoms with E-state index in [0.717, 1.165) is 6.42 Å². The van der Waals surface area contributed by atoms with Crippen molar-refractivity contribution < 1.29 is 4.79 Å². The average molecular weight is 281 g/mol. The third-order valence-corrected chi connectivity index (χ3v) is 4.63. The van der Waals surface area contributed by atoms with Crippen molar-refractivity contribution in [2.24, 2.45) is 11.8 Å². The summed E-state index contributed by atoms with van der Waals surface area (Å²) in [6.45, 7) is 4.47. The summed E-state index contributed by atoms with van der Waals surface area (Å²) in [6.07, 6.45) is 3.49. The molecule has 0 heterocycles. The first-order valence-electron chi connectivity index (χ1n) is 6.85. The van der Waals surface area contributed by atoms with Crippen LogP contribution in [0, 0.1) is 11.8 Å². The monoisotopic (exact) mass is 280 g/mol. The van der Waals surface area contributed by atoms with Crippen LogP contribution in [0.15, 0.2) is 18.2 Å². The van der Waals surface area contributed by atoms with E-state index >= 15 is 0 Å². The lowest BCUT2D eigenvalue weighted by Gasteiger charge is -2.34. The number of halogens is 1. The summed E-state index contributed by atoms with van der Waals surface area (Å²) in [5.41, 5.74) is 6.75. The fourth-order valence-electron chi connectivity index (χ4n) is 2.72. The molecule has 104 valence electrons.